The monoisotopic (exact) mass is 811 g/mol. The molecule has 0 amide bonds. The molecular weight excluding hydrogens is 728 g/mol. The minimum Gasteiger partial charge on any atom is -0.479 e. The molecule has 332 valence electrons. The zero-order valence-electron chi connectivity index (χ0n) is 35.8. The first-order chi connectivity index (χ1) is 27.7. The predicted octanol–water partition coefficient (Wildman–Crippen LogP) is 9.82. The topological polar surface area (TPSA) is 169 Å². The number of carbonyl (C=O) groups is 3. The van der Waals surface area contributed by atoms with Crippen molar-refractivity contribution >= 4 is 17.9 Å². The van der Waals surface area contributed by atoms with Crippen molar-refractivity contribution in [1.29, 1.82) is 0 Å². The number of unbranched alkanes of at least 4 members (excludes halogenated alkanes) is 23. The van der Waals surface area contributed by atoms with E-state index in [1.54, 1.807) is 0 Å². The van der Waals surface area contributed by atoms with Gasteiger partial charge in [-0.3, -0.25) is 9.59 Å². The molecule has 0 aliphatic carbocycles. The van der Waals surface area contributed by atoms with Crippen LogP contribution >= 0.6 is 0 Å². The highest BCUT2D eigenvalue weighted by molar-refractivity contribution is 5.73. The largest absolute Gasteiger partial charge is 0.479 e. The summed E-state index contributed by atoms with van der Waals surface area (Å²) in [6.07, 6.45) is 30.8. The Kier molecular flexibility index (Phi) is 34.0. The van der Waals surface area contributed by atoms with Crippen molar-refractivity contribution in [2.24, 2.45) is 0 Å². The fourth-order valence-electron chi connectivity index (χ4n) is 6.91. The average molecular weight is 811 g/mol. The third-order valence-electron chi connectivity index (χ3n) is 10.6. The molecule has 11 heteroatoms. The van der Waals surface area contributed by atoms with Crippen molar-refractivity contribution in [2.45, 2.75) is 237 Å². The summed E-state index contributed by atoms with van der Waals surface area (Å²) in [7, 11) is 0. The van der Waals surface area contributed by atoms with Crippen LogP contribution < -0.4 is 0 Å². The van der Waals surface area contributed by atoms with Crippen LogP contribution in [0.1, 0.15) is 200 Å². The first kappa shape index (κ1) is 52.7. The molecule has 1 heterocycles. The highest BCUT2D eigenvalue weighted by Gasteiger charge is 2.47. The molecule has 0 spiro atoms. The maximum Gasteiger partial charge on any atom is 0.335 e. The molecule has 1 aliphatic heterocycles. The molecule has 1 aliphatic rings. The molecule has 0 aromatic heterocycles. The number of aliphatic hydroxyl groups is 3. The summed E-state index contributed by atoms with van der Waals surface area (Å²) in [4.78, 5) is 36.8. The number of hydrogen-bond acceptors (Lipinski definition) is 10. The maximum absolute atomic E-state index is 12.7. The molecule has 0 radical (unpaired) electrons. The SMILES string of the molecule is CCCCCC/C=C\C/C=C\CCCCCCCCCC(=O)OCC(COC1OC(C(=O)O)C(O)C(O)C1O)OC(=O)CCCCCCCCCCCCCCC. The summed E-state index contributed by atoms with van der Waals surface area (Å²) in [6, 6.07) is 0. The second-order valence-corrected chi connectivity index (χ2v) is 15.9. The van der Waals surface area contributed by atoms with Gasteiger partial charge < -0.3 is 39.4 Å². The summed E-state index contributed by atoms with van der Waals surface area (Å²) in [5.74, 6) is -2.45. The van der Waals surface area contributed by atoms with E-state index in [1.807, 2.05) is 0 Å². The van der Waals surface area contributed by atoms with Crippen LogP contribution in [-0.2, 0) is 33.3 Å². The molecule has 0 aromatic carbocycles. The van der Waals surface area contributed by atoms with E-state index in [1.165, 1.54) is 109 Å². The smallest absolute Gasteiger partial charge is 0.335 e. The molecule has 0 bridgehead atoms. The zero-order valence-corrected chi connectivity index (χ0v) is 35.8. The van der Waals surface area contributed by atoms with Crippen molar-refractivity contribution in [3.05, 3.63) is 24.3 Å². The molecular formula is C46H82O11. The van der Waals surface area contributed by atoms with E-state index in [4.69, 9.17) is 18.9 Å². The van der Waals surface area contributed by atoms with Gasteiger partial charge in [0, 0.05) is 12.8 Å². The van der Waals surface area contributed by atoms with Crippen LogP contribution in [0.4, 0.5) is 0 Å². The Morgan fingerprint density at radius 1 is 0.544 bits per heavy atom. The van der Waals surface area contributed by atoms with Crippen molar-refractivity contribution in [3.8, 4) is 0 Å². The van der Waals surface area contributed by atoms with Crippen molar-refractivity contribution < 1.29 is 53.8 Å². The average Bonchev–Trinajstić information content (AvgIpc) is 3.19. The zero-order chi connectivity index (χ0) is 41.8. The molecule has 1 fully saturated rings. The lowest BCUT2D eigenvalue weighted by atomic mass is 9.99. The number of hydrogen-bond donors (Lipinski definition) is 4. The number of aliphatic carboxylic acids is 1. The number of carboxylic acids is 1. The number of rotatable bonds is 38. The Hall–Kier alpha value is -2.31. The third-order valence-corrected chi connectivity index (χ3v) is 10.6. The summed E-state index contributed by atoms with van der Waals surface area (Å²) in [5.41, 5.74) is 0. The van der Waals surface area contributed by atoms with Crippen molar-refractivity contribution in [3.63, 3.8) is 0 Å². The molecule has 0 saturated carbocycles. The number of allylic oxidation sites excluding steroid dienone is 4. The summed E-state index contributed by atoms with van der Waals surface area (Å²) in [6.45, 7) is 3.79. The van der Waals surface area contributed by atoms with Crippen molar-refractivity contribution in [2.75, 3.05) is 13.2 Å². The number of aliphatic hydroxyl groups excluding tert-OH is 3. The second kappa shape index (κ2) is 36.7. The number of ether oxygens (including phenoxy) is 4. The van der Waals surface area contributed by atoms with Crippen LogP contribution in [0, 0.1) is 0 Å². The maximum atomic E-state index is 12.7. The second-order valence-electron chi connectivity index (χ2n) is 15.9. The highest BCUT2D eigenvalue weighted by Crippen LogP contribution is 2.23. The lowest BCUT2D eigenvalue weighted by Gasteiger charge is -2.38. The number of esters is 2. The van der Waals surface area contributed by atoms with E-state index in [2.05, 4.69) is 38.2 Å². The van der Waals surface area contributed by atoms with Gasteiger partial charge in [-0.2, -0.15) is 0 Å². The van der Waals surface area contributed by atoms with Crippen LogP contribution in [0.15, 0.2) is 24.3 Å². The lowest BCUT2D eigenvalue weighted by molar-refractivity contribution is -0.298. The molecule has 57 heavy (non-hydrogen) atoms. The van der Waals surface area contributed by atoms with Gasteiger partial charge in [-0.05, 0) is 44.9 Å². The van der Waals surface area contributed by atoms with Gasteiger partial charge in [-0.25, -0.2) is 4.79 Å². The van der Waals surface area contributed by atoms with Crippen molar-refractivity contribution in [1.82, 2.24) is 0 Å². The van der Waals surface area contributed by atoms with E-state index < -0.39 is 54.7 Å². The Morgan fingerprint density at radius 2 is 0.982 bits per heavy atom. The van der Waals surface area contributed by atoms with Gasteiger partial charge in [0.2, 0.25) is 0 Å². The van der Waals surface area contributed by atoms with Gasteiger partial charge in [-0.1, -0.05) is 167 Å². The van der Waals surface area contributed by atoms with Gasteiger partial charge in [-0.15, -0.1) is 0 Å². The summed E-state index contributed by atoms with van der Waals surface area (Å²) in [5, 5.41) is 39.8. The van der Waals surface area contributed by atoms with Crippen LogP contribution in [0.2, 0.25) is 0 Å². The van der Waals surface area contributed by atoms with E-state index >= 15 is 0 Å². The van der Waals surface area contributed by atoms with Crippen LogP contribution in [-0.4, -0.2) is 88.4 Å². The Balaban J connectivity index is 2.35. The predicted molar refractivity (Wildman–Crippen MR) is 225 cm³/mol. The van der Waals surface area contributed by atoms with Gasteiger partial charge in [0.05, 0.1) is 6.61 Å². The fourth-order valence-corrected chi connectivity index (χ4v) is 6.91. The minimum absolute atomic E-state index is 0.185. The quantitative estimate of drug-likeness (QED) is 0.0266. The Bertz CT molecular complexity index is 1050. The van der Waals surface area contributed by atoms with Crippen LogP contribution in [0.25, 0.3) is 0 Å². The lowest BCUT2D eigenvalue weighted by Crippen LogP contribution is -2.60. The first-order valence-corrected chi connectivity index (χ1v) is 22.9. The molecule has 1 saturated heterocycles. The normalized spacial score (nSPS) is 20.3. The Morgan fingerprint density at radius 3 is 1.47 bits per heavy atom. The third kappa shape index (κ3) is 28.7. The fraction of sp³-hybridized carbons (Fsp3) is 0.848. The molecule has 6 unspecified atom stereocenters. The van der Waals surface area contributed by atoms with E-state index in [-0.39, 0.29) is 26.1 Å². The van der Waals surface area contributed by atoms with Gasteiger partial charge in [0.1, 0.15) is 24.9 Å². The van der Waals surface area contributed by atoms with E-state index in [9.17, 15) is 34.8 Å². The summed E-state index contributed by atoms with van der Waals surface area (Å²) >= 11 is 0. The summed E-state index contributed by atoms with van der Waals surface area (Å²) < 4.78 is 21.7. The highest BCUT2D eigenvalue weighted by atomic mass is 16.7. The van der Waals surface area contributed by atoms with Crippen LogP contribution in [0.3, 0.4) is 0 Å². The number of carboxylic acid groups (broad SMARTS) is 1. The van der Waals surface area contributed by atoms with E-state index in [0.717, 1.165) is 51.4 Å². The van der Waals surface area contributed by atoms with Gasteiger partial charge in [0.15, 0.2) is 18.5 Å². The van der Waals surface area contributed by atoms with E-state index in [0.29, 0.717) is 12.8 Å². The van der Waals surface area contributed by atoms with Crippen LogP contribution in [0.5, 0.6) is 0 Å². The molecule has 1 rings (SSSR count). The standard InChI is InChI=1S/C46H82O11/c1-3-5-7-9-11-13-15-17-18-19-20-21-23-24-26-28-30-32-34-39(47)54-36-38(37-55-46-43(51)41(49)42(50)44(57-46)45(52)53)56-40(48)35-33-31-29-27-25-22-16-14-12-10-8-6-4-2/h13,15,18-19,38,41-44,46,49-51H,3-12,14,16-17,20-37H2,1-2H3,(H,52,53)/b15-13-,19-18-. The minimum atomic E-state index is -1.86. The molecule has 4 N–H and O–H groups in total. The molecule has 6 atom stereocenters. The molecule has 0 aromatic rings. The Labute approximate surface area is 345 Å². The van der Waals surface area contributed by atoms with Gasteiger partial charge >= 0.3 is 17.9 Å². The first-order valence-electron chi connectivity index (χ1n) is 22.9. The number of carbonyl (C=O) groups excluding carboxylic acids is 2. The molecule has 11 nitrogen and oxygen atoms in total. The van der Waals surface area contributed by atoms with Gasteiger partial charge in [0.25, 0.3) is 0 Å².